The molecule has 19 heavy (non-hydrogen) atoms. The van der Waals surface area contributed by atoms with Gasteiger partial charge in [-0.1, -0.05) is 0 Å². The van der Waals surface area contributed by atoms with Crippen molar-refractivity contribution in [1.82, 2.24) is 4.98 Å². The fraction of sp³-hybridized carbons (Fsp3) is 0.500. The third-order valence-corrected chi connectivity index (χ3v) is 4.55. The van der Waals surface area contributed by atoms with Gasteiger partial charge in [0.05, 0.1) is 32.2 Å². The zero-order valence-electron chi connectivity index (χ0n) is 11.3. The first-order valence-electron chi connectivity index (χ1n) is 6.60. The summed E-state index contributed by atoms with van der Waals surface area (Å²) in [7, 11) is 0. The van der Waals surface area contributed by atoms with Crippen molar-refractivity contribution < 1.29 is 4.74 Å². The van der Waals surface area contributed by atoms with Gasteiger partial charge in [-0.15, -0.1) is 11.3 Å². The quantitative estimate of drug-likeness (QED) is 0.846. The van der Waals surface area contributed by atoms with Gasteiger partial charge in [-0.3, -0.25) is 0 Å². The Morgan fingerprint density at radius 1 is 1.53 bits per heavy atom. The van der Waals surface area contributed by atoms with Gasteiger partial charge in [-0.2, -0.15) is 0 Å². The Morgan fingerprint density at radius 2 is 2.37 bits per heavy atom. The summed E-state index contributed by atoms with van der Waals surface area (Å²) >= 11 is 1.67. The lowest BCUT2D eigenvalue weighted by molar-refractivity contribution is 0.0315. The van der Waals surface area contributed by atoms with Crippen LogP contribution in [0.25, 0.3) is 10.2 Å². The van der Waals surface area contributed by atoms with Crippen LogP contribution in [0, 0.1) is 6.92 Å². The van der Waals surface area contributed by atoms with Crippen LogP contribution in [-0.4, -0.2) is 23.7 Å². The Balaban J connectivity index is 1.82. The van der Waals surface area contributed by atoms with Crippen LogP contribution in [0.1, 0.15) is 24.8 Å². The largest absolute Gasteiger partial charge is 0.397 e. The highest BCUT2D eigenvalue weighted by molar-refractivity contribution is 7.18. The van der Waals surface area contributed by atoms with Gasteiger partial charge in [0.1, 0.15) is 0 Å². The monoisotopic (exact) mass is 277 g/mol. The third-order valence-electron chi connectivity index (χ3n) is 3.62. The van der Waals surface area contributed by atoms with Gasteiger partial charge in [0.25, 0.3) is 0 Å². The number of hydrogen-bond donors (Lipinski definition) is 2. The SMILES string of the molecule is Cc1nc2cc(NCC3(C)CCCO3)c(N)cc2s1. The molecule has 4 nitrogen and oxygen atoms in total. The number of fused-ring (bicyclic) bond motifs is 1. The minimum atomic E-state index is -0.0701. The predicted octanol–water partition coefficient (Wildman–Crippen LogP) is 3.17. The van der Waals surface area contributed by atoms with E-state index in [2.05, 4.69) is 17.2 Å². The van der Waals surface area contributed by atoms with E-state index in [9.17, 15) is 0 Å². The Labute approximate surface area is 117 Å². The second-order valence-corrected chi connectivity index (χ2v) is 6.63. The summed E-state index contributed by atoms with van der Waals surface area (Å²) in [5.41, 5.74) is 8.77. The maximum atomic E-state index is 6.10. The van der Waals surface area contributed by atoms with Crippen LogP contribution in [0.5, 0.6) is 0 Å². The first kappa shape index (κ1) is 12.7. The maximum Gasteiger partial charge on any atom is 0.0907 e. The molecule has 1 aliphatic rings. The van der Waals surface area contributed by atoms with Crippen LogP contribution in [-0.2, 0) is 4.74 Å². The smallest absolute Gasteiger partial charge is 0.0907 e. The molecule has 0 spiro atoms. The Kier molecular flexibility index (Phi) is 3.11. The highest BCUT2D eigenvalue weighted by Crippen LogP contribution is 2.31. The molecule has 1 aromatic heterocycles. The number of nitrogens with one attached hydrogen (secondary N) is 1. The van der Waals surface area contributed by atoms with E-state index in [1.807, 2.05) is 19.1 Å². The summed E-state index contributed by atoms with van der Waals surface area (Å²) in [6.07, 6.45) is 2.23. The maximum absolute atomic E-state index is 6.10. The van der Waals surface area contributed by atoms with Crippen LogP contribution in [0.4, 0.5) is 11.4 Å². The molecule has 0 aliphatic carbocycles. The van der Waals surface area contributed by atoms with E-state index in [0.717, 1.165) is 52.6 Å². The first-order valence-corrected chi connectivity index (χ1v) is 7.42. The fourth-order valence-corrected chi connectivity index (χ4v) is 3.37. The summed E-state index contributed by atoms with van der Waals surface area (Å²) in [5.74, 6) is 0. The summed E-state index contributed by atoms with van der Waals surface area (Å²) in [4.78, 5) is 4.50. The van der Waals surface area contributed by atoms with E-state index in [0.29, 0.717) is 0 Å². The lowest BCUT2D eigenvalue weighted by Crippen LogP contribution is -2.32. The van der Waals surface area contributed by atoms with E-state index >= 15 is 0 Å². The van der Waals surface area contributed by atoms with Crippen molar-refractivity contribution in [1.29, 1.82) is 0 Å². The average Bonchev–Trinajstić information content (AvgIpc) is 2.92. The molecule has 3 rings (SSSR count). The molecule has 1 atom stereocenters. The Hall–Kier alpha value is -1.33. The number of thiazole rings is 1. The molecule has 0 bridgehead atoms. The van der Waals surface area contributed by atoms with Crippen molar-refractivity contribution in [3.8, 4) is 0 Å². The summed E-state index contributed by atoms with van der Waals surface area (Å²) in [6, 6.07) is 4.03. The summed E-state index contributed by atoms with van der Waals surface area (Å²) < 4.78 is 6.92. The molecule has 3 N–H and O–H groups in total. The molecule has 102 valence electrons. The normalized spacial score (nSPS) is 23.1. The molecule has 1 saturated heterocycles. The summed E-state index contributed by atoms with van der Waals surface area (Å²) in [5, 5.41) is 4.48. The lowest BCUT2D eigenvalue weighted by atomic mass is 10.0. The van der Waals surface area contributed by atoms with Crippen molar-refractivity contribution in [2.75, 3.05) is 24.2 Å². The molecular weight excluding hydrogens is 258 g/mol. The minimum Gasteiger partial charge on any atom is -0.397 e. The number of benzene rings is 1. The van der Waals surface area contributed by atoms with Gasteiger partial charge in [-0.25, -0.2) is 4.98 Å². The van der Waals surface area contributed by atoms with Gasteiger partial charge in [0.2, 0.25) is 0 Å². The molecule has 2 heterocycles. The van der Waals surface area contributed by atoms with Crippen molar-refractivity contribution in [3.05, 3.63) is 17.1 Å². The molecule has 5 heteroatoms. The molecule has 1 aromatic carbocycles. The average molecular weight is 277 g/mol. The van der Waals surface area contributed by atoms with Crippen molar-refractivity contribution >= 4 is 32.9 Å². The van der Waals surface area contributed by atoms with Crippen LogP contribution in [0.3, 0.4) is 0 Å². The van der Waals surface area contributed by atoms with Crippen molar-refractivity contribution in [2.45, 2.75) is 32.3 Å². The molecule has 1 fully saturated rings. The number of nitrogens with zero attached hydrogens (tertiary/aromatic N) is 1. The number of rotatable bonds is 3. The van der Waals surface area contributed by atoms with Gasteiger partial charge in [-0.05, 0) is 38.8 Å². The van der Waals surface area contributed by atoms with Gasteiger partial charge < -0.3 is 15.8 Å². The van der Waals surface area contributed by atoms with E-state index in [1.54, 1.807) is 11.3 Å². The fourth-order valence-electron chi connectivity index (χ4n) is 2.52. The summed E-state index contributed by atoms with van der Waals surface area (Å²) in [6.45, 7) is 5.81. The number of aryl methyl sites for hydroxylation is 1. The predicted molar refractivity (Wildman–Crippen MR) is 80.9 cm³/mol. The second kappa shape index (κ2) is 4.65. The second-order valence-electron chi connectivity index (χ2n) is 5.40. The number of nitrogen functional groups attached to an aromatic ring is 1. The number of hydrogen-bond acceptors (Lipinski definition) is 5. The molecule has 0 saturated carbocycles. The highest BCUT2D eigenvalue weighted by Gasteiger charge is 2.29. The first-order chi connectivity index (χ1) is 9.06. The van der Waals surface area contributed by atoms with E-state index in [1.165, 1.54) is 0 Å². The number of anilines is 2. The van der Waals surface area contributed by atoms with Crippen LogP contribution < -0.4 is 11.1 Å². The van der Waals surface area contributed by atoms with Crippen LogP contribution >= 0.6 is 11.3 Å². The van der Waals surface area contributed by atoms with Gasteiger partial charge in [0.15, 0.2) is 0 Å². The van der Waals surface area contributed by atoms with E-state index in [4.69, 9.17) is 10.5 Å². The van der Waals surface area contributed by atoms with Crippen LogP contribution in [0.2, 0.25) is 0 Å². The molecule has 2 aromatic rings. The van der Waals surface area contributed by atoms with E-state index < -0.39 is 0 Å². The molecule has 0 radical (unpaired) electrons. The van der Waals surface area contributed by atoms with Gasteiger partial charge >= 0.3 is 0 Å². The zero-order valence-corrected chi connectivity index (χ0v) is 12.1. The Bertz CT molecular complexity index is 602. The minimum absolute atomic E-state index is 0.0701. The molecule has 1 aliphatic heterocycles. The van der Waals surface area contributed by atoms with Crippen molar-refractivity contribution in [3.63, 3.8) is 0 Å². The third kappa shape index (κ3) is 2.53. The number of aromatic nitrogens is 1. The number of nitrogens with two attached hydrogens (primary N) is 1. The Morgan fingerprint density at radius 3 is 3.11 bits per heavy atom. The van der Waals surface area contributed by atoms with E-state index in [-0.39, 0.29) is 5.60 Å². The molecular formula is C14H19N3OS. The number of ether oxygens (including phenoxy) is 1. The lowest BCUT2D eigenvalue weighted by Gasteiger charge is -2.24. The van der Waals surface area contributed by atoms with Crippen molar-refractivity contribution in [2.24, 2.45) is 0 Å². The van der Waals surface area contributed by atoms with Crippen LogP contribution in [0.15, 0.2) is 12.1 Å². The topological polar surface area (TPSA) is 60.2 Å². The highest BCUT2D eigenvalue weighted by atomic mass is 32.1. The van der Waals surface area contributed by atoms with Gasteiger partial charge in [0, 0.05) is 13.2 Å². The standard InChI is InChI=1S/C14H19N3OS/c1-9-17-12-7-11(10(15)6-13(12)19-9)16-8-14(2)4-3-5-18-14/h6-7,16H,3-5,8,15H2,1-2H3. The zero-order chi connectivity index (χ0) is 13.5. The molecule has 0 amide bonds. The molecule has 1 unspecified atom stereocenters.